The number of aromatic nitrogens is 5. The molecule has 7 rings (SSSR count). The van der Waals surface area contributed by atoms with Gasteiger partial charge in [0.05, 0.1) is 6.33 Å². The number of hydrogen-bond donors (Lipinski definition) is 0. The summed E-state index contributed by atoms with van der Waals surface area (Å²) in [6.45, 7) is 4.30. The first-order valence-corrected chi connectivity index (χ1v) is 13.4. The summed E-state index contributed by atoms with van der Waals surface area (Å²) < 4.78 is 6.34. The maximum absolute atomic E-state index is 4.69. The Morgan fingerprint density at radius 1 is 0.780 bits per heavy atom. The number of para-hydroxylation sites is 2. The van der Waals surface area contributed by atoms with Crippen LogP contribution in [-0.2, 0) is 28.1 Å². The number of aryl methyl sites for hydroxylation is 1. The Labute approximate surface area is 253 Å². The summed E-state index contributed by atoms with van der Waals surface area (Å²) in [5.41, 5.74) is 6.77. The molecule has 4 aromatic carbocycles. The summed E-state index contributed by atoms with van der Waals surface area (Å²) >= 11 is 0. The molecule has 0 unspecified atom stereocenters. The molecule has 0 radical (unpaired) electrons. The predicted octanol–water partition coefficient (Wildman–Crippen LogP) is 8.03. The zero-order valence-electron chi connectivity index (χ0n) is 23.0. The van der Waals surface area contributed by atoms with E-state index in [-0.39, 0.29) is 21.1 Å². The number of imidazole rings is 2. The molecule has 3 heterocycles. The number of hydrogen-bond acceptors (Lipinski definition) is 3. The molecule has 7 aromatic rings. The third-order valence-corrected chi connectivity index (χ3v) is 7.31. The summed E-state index contributed by atoms with van der Waals surface area (Å²) in [5, 5.41) is 2.30. The third-order valence-electron chi connectivity index (χ3n) is 7.31. The summed E-state index contributed by atoms with van der Waals surface area (Å²) in [6.07, 6.45) is 7.76. The largest absolute Gasteiger partial charge is 2.00 e. The van der Waals surface area contributed by atoms with Crippen molar-refractivity contribution in [3.8, 4) is 17.2 Å². The maximum atomic E-state index is 4.69. The number of benzene rings is 4. The van der Waals surface area contributed by atoms with E-state index in [0.717, 1.165) is 50.7 Å². The molecule has 0 N–H and O–H groups in total. The zero-order valence-corrected chi connectivity index (χ0v) is 25.2. The van der Waals surface area contributed by atoms with Crippen LogP contribution in [0.15, 0.2) is 110 Å². The number of rotatable bonds is 6. The summed E-state index contributed by atoms with van der Waals surface area (Å²) in [5.74, 6) is 0.847. The average Bonchev–Trinajstić information content (AvgIpc) is 3.71. The Kier molecular flexibility index (Phi) is 7.10. The van der Waals surface area contributed by atoms with Crippen molar-refractivity contribution in [3.63, 3.8) is 0 Å². The van der Waals surface area contributed by atoms with Crippen molar-refractivity contribution in [2.24, 2.45) is 7.05 Å². The number of nitrogens with zero attached hydrogens (tertiary/aromatic N) is 6. The van der Waals surface area contributed by atoms with Gasteiger partial charge in [-0.25, -0.2) is 4.98 Å². The van der Waals surface area contributed by atoms with Crippen molar-refractivity contribution < 1.29 is 21.1 Å². The van der Waals surface area contributed by atoms with Crippen LogP contribution in [0.1, 0.15) is 19.9 Å². The Hall–Kier alpha value is -4.41. The van der Waals surface area contributed by atoms with E-state index in [0.29, 0.717) is 6.04 Å². The first kappa shape index (κ1) is 26.8. The normalized spacial score (nSPS) is 11.3. The molecule has 0 spiro atoms. The van der Waals surface area contributed by atoms with Gasteiger partial charge in [-0.05, 0) is 49.3 Å². The van der Waals surface area contributed by atoms with Gasteiger partial charge in [-0.1, -0.05) is 47.6 Å². The van der Waals surface area contributed by atoms with Crippen LogP contribution < -0.4 is 4.90 Å². The SMILES string of the molecule is CC(C)n1cnc(-c2[c-]c(N(c3[c-]c4c(cc3)c3ccccc3n4-c3nccn3C)c3ccccc3)ccc2)c1.[Pt+2]. The fourth-order valence-corrected chi connectivity index (χ4v) is 5.27. The molecular formula is C34H28N6Pt. The molecule has 6 nitrogen and oxygen atoms in total. The van der Waals surface area contributed by atoms with Crippen molar-refractivity contribution in [1.82, 2.24) is 23.7 Å². The maximum Gasteiger partial charge on any atom is 2.00 e. The van der Waals surface area contributed by atoms with Gasteiger partial charge in [0.1, 0.15) is 0 Å². The Morgan fingerprint density at radius 3 is 2.32 bits per heavy atom. The van der Waals surface area contributed by atoms with Gasteiger partial charge in [0.15, 0.2) is 0 Å². The smallest absolute Gasteiger partial charge is 0.352 e. The van der Waals surface area contributed by atoms with E-state index in [1.165, 1.54) is 5.39 Å². The van der Waals surface area contributed by atoms with Crippen molar-refractivity contribution in [1.29, 1.82) is 0 Å². The second-order valence-corrected chi connectivity index (χ2v) is 10.2. The van der Waals surface area contributed by atoms with E-state index in [9.17, 15) is 0 Å². The molecule has 7 heteroatoms. The molecule has 204 valence electrons. The third kappa shape index (κ3) is 4.68. The van der Waals surface area contributed by atoms with Crippen molar-refractivity contribution in [2.75, 3.05) is 4.90 Å². The van der Waals surface area contributed by atoms with E-state index >= 15 is 0 Å². The van der Waals surface area contributed by atoms with Crippen LogP contribution in [0.25, 0.3) is 39.0 Å². The van der Waals surface area contributed by atoms with Gasteiger partial charge in [0, 0.05) is 42.4 Å². The molecular weight excluding hydrogens is 687 g/mol. The van der Waals surface area contributed by atoms with Gasteiger partial charge in [-0.3, -0.25) is 4.98 Å². The topological polar surface area (TPSA) is 43.8 Å². The van der Waals surface area contributed by atoms with Gasteiger partial charge in [0.25, 0.3) is 0 Å². The quantitative estimate of drug-likeness (QED) is 0.164. The number of anilines is 3. The molecule has 0 atom stereocenters. The summed E-state index contributed by atoms with van der Waals surface area (Å²) in [4.78, 5) is 11.5. The van der Waals surface area contributed by atoms with Gasteiger partial charge >= 0.3 is 21.1 Å². The van der Waals surface area contributed by atoms with Crippen LogP contribution in [-0.4, -0.2) is 23.7 Å². The fraction of sp³-hybridized carbons (Fsp3) is 0.118. The van der Waals surface area contributed by atoms with E-state index in [2.05, 4.69) is 135 Å². The summed E-state index contributed by atoms with van der Waals surface area (Å²) in [6, 6.07) is 37.1. The molecule has 0 aliphatic carbocycles. The molecule has 0 aliphatic heterocycles. The van der Waals surface area contributed by atoms with Gasteiger partial charge in [-0.15, -0.1) is 47.3 Å². The van der Waals surface area contributed by atoms with Crippen molar-refractivity contribution in [2.45, 2.75) is 19.9 Å². The Morgan fingerprint density at radius 2 is 1.56 bits per heavy atom. The Balaban J connectivity index is 0.00000302. The van der Waals surface area contributed by atoms with Crippen LogP contribution in [0.3, 0.4) is 0 Å². The minimum Gasteiger partial charge on any atom is -0.352 e. The molecule has 3 aromatic heterocycles. The molecule has 0 saturated carbocycles. The van der Waals surface area contributed by atoms with E-state index in [1.807, 2.05) is 36.4 Å². The molecule has 0 amide bonds. The van der Waals surface area contributed by atoms with Gasteiger partial charge in [-0.2, -0.15) is 6.07 Å². The van der Waals surface area contributed by atoms with Crippen LogP contribution >= 0.6 is 0 Å². The number of fused-ring (bicyclic) bond motifs is 3. The summed E-state index contributed by atoms with van der Waals surface area (Å²) in [7, 11) is 2.02. The zero-order chi connectivity index (χ0) is 27.2. The Bertz CT molecular complexity index is 1960. The first-order chi connectivity index (χ1) is 19.6. The van der Waals surface area contributed by atoms with Crippen LogP contribution in [0.5, 0.6) is 0 Å². The van der Waals surface area contributed by atoms with Gasteiger partial charge in [0.2, 0.25) is 5.95 Å². The van der Waals surface area contributed by atoms with E-state index in [4.69, 9.17) is 0 Å². The van der Waals surface area contributed by atoms with Crippen molar-refractivity contribution >= 4 is 38.9 Å². The van der Waals surface area contributed by atoms with Crippen LogP contribution in [0.4, 0.5) is 17.1 Å². The van der Waals surface area contributed by atoms with Crippen LogP contribution in [0, 0.1) is 12.1 Å². The molecule has 0 bridgehead atoms. The van der Waals surface area contributed by atoms with Gasteiger partial charge < -0.3 is 18.6 Å². The molecule has 0 saturated heterocycles. The minimum atomic E-state index is 0. The van der Waals surface area contributed by atoms with E-state index < -0.39 is 0 Å². The second-order valence-electron chi connectivity index (χ2n) is 10.2. The van der Waals surface area contributed by atoms with E-state index in [1.54, 1.807) is 0 Å². The monoisotopic (exact) mass is 715 g/mol. The average molecular weight is 716 g/mol. The molecule has 0 aliphatic rings. The standard InChI is InChI=1S/C34H28N6.Pt/c1-24(2)38-22-31(36-23-38)25-10-9-13-27(20-25)39(26-11-5-4-6-12-26)28-16-17-30-29-14-7-8-15-32(29)40(33(30)21-28)34-35-18-19-37(34)3;/h4-19,22-24H,1-3H3;/q-2;+2. The van der Waals surface area contributed by atoms with Crippen molar-refractivity contribution in [3.05, 3.63) is 122 Å². The second kappa shape index (κ2) is 10.9. The minimum absolute atomic E-state index is 0. The molecule has 0 fully saturated rings. The first-order valence-electron chi connectivity index (χ1n) is 13.4. The predicted molar refractivity (Wildman–Crippen MR) is 162 cm³/mol. The fourth-order valence-electron chi connectivity index (χ4n) is 5.27. The van der Waals surface area contributed by atoms with Crippen LogP contribution in [0.2, 0.25) is 0 Å². The molecule has 41 heavy (non-hydrogen) atoms.